The van der Waals surface area contributed by atoms with Crippen molar-refractivity contribution < 1.29 is 4.79 Å². The fourth-order valence-electron chi connectivity index (χ4n) is 3.03. The predicted molar refractivity (Wildman–Crippen MR) is 89.8 cm³/mol. The maximum atomic E-state index is 12.9. The van der Waals surface area contributed by atoms with Gasteiger partial charge in [-0.2, -0.15) is 0 Å². The molecule has 0 aromatic heterocycles. The van der Waals surface area contributed by atoms with Gasteiger partial charge < -0.3 is 4.90 Å². The van der Waals surface area contributed by atoms with E-state index in [0.717, 1.165) is 11.3 Å². The summed E-state index contributed by atoms with van der Waals surface area (Å²) in [5, 5.41) is 0. The van der Waals surface area contributed by atoms with Gasteiger partial charge in [0.25, 0.3) is 0 Å². The Morgan fingerprint density at radius 1 is 1.38 bits per heavy atom. The summed E-state index contributed by atoms with van der Waals surface area (Å²) in [6.45, 7) is 8.84. The summed E-state index contributed by atoms with van der Waals surface area (Å²) in [5.41, 5.74) is 2.00. The van der Waals surface area contributed by atoms with Gasteiger partial charge in [0.15, 0.2) is 0 Å². The Morgan fingerprint density at radius 3 is 2.57 bits per heavy atom. The Morgan fingerprint density at radius 2 is 2.05 bits per heavy atom. The van der Waals surface area contributed by atoms with E-state index in [-0.39, 0.29) is 27.6 Å². The largest absolute Gasteiger partial charge is 0.312 e. The maximum Gasteiger partial charge on any atom is 0.231 e. The van der Waals surface area contributed by atoms with Crippen LogP contribution >= 0.6 is 23.2 Å². The highest BCUT2D eigenvalue weighted by molar-refractivity contribution is 6.55. The van der Waals surface area contributed by atoms with E-state index in [1.807, 2.05) is 43.0 Å². The van der Waals surface area contributed by atoms with Gasteiger partial charge in [0.05, 0.1) is 5.92 Å². The molecule has 21 heavy (non-hydrogen) atoms. The molecule has 114 valence electrons. The smallest absolute Gasteiger partial charge is 0.231 e. The standard InChI is InChI=1S/C17H21Cl2NO/c1-5-20(12-8-6-7-11(2)9-12)16(21)15-13(10-14(18)19)17(15,3)4/h6-10,13,15H,5H2,1-4H3/t13-,15-/m1/s1. The van der Waals surface area contributed by atoms with Crippen molar-refractivity contribution >= 4 is 34.8 Å². The van der Waals surface area contributed by atoms with Crippen LogP contribution in [-0.4, -0.2) is 12.5 Å². The lowest BCUT2D eigenvalue weighted by molar-refractivity contribution is -0.120. The molecule has 2 rings (SSSR count). The van der Waals surface area contributed by atoms with Gasteiger partial charge in [-0.1, -0.05) is 49.2 Å². The van der Waals surface area contributed by atoms with E-state index in [4.69, 9.17) is 23.2 Å². The van der Waals surface area contributed by atoms with Crippen molar-refractivity contribution in [1.82, 2.24) is 0 Å². The van der Waals surface area contributed by atoms with Gasteiger partial charge in [-0.3, -0.25) is 4.79 Å². The highest BCUT2D eigenvalue weighted by Crippen LogP contribution is 2.60. The van der Waals surface area contributed by atoms with Crippen LogP contribution in [0.15, 0.2) is 34.8 Å². The Labute approximate surface area is 136 Å². The van der Waals surface area contributed by atoms with Crippen LogP contribution in [0.5, 0.6) is 0 Å². The minimum Gasteiger partial charge on any atom is -0.312 e. The molecule has 1 amide bonds. The number of hydrogen-bond donors (Lipinski definition) is 0. The molecule has 0 N–H and O–H groups in total. The minimum atomic E-state index is -0.0939. The number of benzene rings is 1. The third-order valence-corrected chi connectivity index (χ3v) is 4.63. The summed E-state index contributed by atoms with van der Waals surface area (Å²) in [6.07, 6.45) is 1.79. The molecule has 1 saturated carbocycles. The van der Waals surface area contributed by atoms with E-state index in [1.165, 1.54) is 0 Å². The Kier molecular flexibility index (Phi) is 4.69. The molecule has 1 fully saturated rings. The van der Waals surface area contributed by atoms with E-state index in [0.29, 0.717) is 6.54 Å². The van der Waals surface area contributed by atoms with Gasteiger partial charge in [0, 0.05) is 12.2 Å². The molecule has 0 unspecified atom stereocenters. The Bertz CT molecular complexity index is 576. The Hall–Kier alpha value is -0.990. The summed E-state index contributed by atoms with van der Waals surface area (Å²) in [4.78, 5) is 14.7. The van der Waals surface area contributed by atoms with E-state index in [1.54, 1.807) is 6.08 Å². The average molecular weight is 326 g/mol. The topological polar surface area (TPSA) is 20.3 Å². The second kappa shape index (κ2) is 6.02. The van der Waals surface area contributed by atoms with Crippen LogP contribution in [0.2, 0.25) is 0 Å². The van der Waals surface area contributed by atoms with Crippen molar-refractivity contribution in [2.45, 2.75) is 27.7 Å². The van der Waals surface area contributed by atoms with Crippen molar-refractivity contribution in [3.63, 3.8) is 0 Å². The van der Waals surface area contributed by atoms with Gasteiger partial charge >= 0.3 is 0 Å². The van der Waals surface area contributed by atoms with Crippen molar-refractivity contribution in [3.05, 3.63) is 40.4 Å². The number of carbonyl (C=O) groups is 1. The summed E-state index contributed by atoms with van der Waals surface area (Å²) in [7, 11) is 0. The third kappa shape index (κ3) is 3.27. The highest BCUT2D eigenvalue weighted by atomic mass is 35.5. The van der Waals surface area contributed by atoms with Crippen LogP contribution < -0.4 is 4.90 Å². The lowest BCUT2D eigenvalue weighted by Crippen LogP contribution is -2.33. The average Bonchev–Trinajstić information content (AvgIpc) is 2.90. The molecule has 0 radical (unpaired) electrons. The zero-order valence-electron chi connectivity index (χ0n) is 12.9. The van der Waals surface area contributed by atoms with Crippen molar-refractivity contribution in [2.24, 2.45) is 17.3 Å². The lowest BCUT2D eigenvalue weighted by Gasteiger charge is -2.22. The first kappa shape index (κ1) is 16.4. The van der Waals surface area contributed by atoms with Gasteiger partial charge in [-0.15, -0.1) is 0 Å². The first-order chi connectivity index (χ1) is 9.78. The second-order valence-electron chi connectivity index (χ2n) is 6.20. The molecule has 0 aliphatic heterocycles. The zero-order chi connectivity index (χ0) is 15.8. The number of carbonyl (C=O) groups excluding carboxylic acids is 1. The second-order valence-corrected chi connectivity index (χ2v) is 7.21. The highest BCUT2D eigenvalue weighted by Gasteiger charge is 2.61. The van der Waals surface area contributed by atoms with Crippen LogP contribution in [0.1, 0.15) is 26.3 Å². The van der Waals surface area contributed by atoms with Gasteiger partial charge in [-0.05, 0) is 49.0 Å². The van der Waals surface area contributed by atoms with Gasteiger partial charge in [-0.25, -0.2) is 0 Å². The van der Waals surface area contributed by atoms with Crippen LogP contribution in [0.4, 0.5) is 5.69 Å². The number of rotatable bonds is 4. The van der Waals surface area contributed by atoms with Crippen LogP contribution in [0.25, 0.3) is 0 Å². The van der Waals surface area contributed by atoms with Gasteiger partial charge in [0.2, 0.25) is 5.91 Å². The van der Waals surface area contributed by atoms with E-state index in [2.05, 4.69) is 13.8 Å². The number of amides is 1. The van der Waals surface area contributed by atoms with Crippen LogP contribution in [0, 0.1) is 24.2 Å². The van der Waals surface area contributed by atoms with Crippen LogP contribution in [-0.2, 0) is 4.79 Å². The molecule has 1 aromatic carbocycles. The molecule has 0 heterocycles. The molecule has 1 aliphatic rings. The molecule has 2 atom stereocenters. The molecule has 0 bridgehead atoms. The zero-order valence-corrected chi connectivity index (χ0v) is 14.4. The fourth-order valence-corrected chi connectivity index (χ4v) is 3.30. The number of allylic oxidation sites excluding steroid dienone is 1. The molecule has 1 aromatic rings. The SMILES string of the molecule is CCN(C(=O)[C@H]1[C@@H](C=C(Cl)Cl)C1(C)C)c1cccc(C)c1. The normalized spacial score (nSPS) is 22.6. The summed E-state index contributed by atoms with van der Waals surface area (Å²) in [5.74, 6) is 0.184. The molecule has 2 nitrogen and oxygen atoms in total. The first-order valence-corrected chi connectivity index (χ1v) is 7.95. The quantitative estimate of drug-likeness (QED) is 0.767. The molecule has 0 saturated heterocycles. The van der Waals surface area contributed by atoms with Crippen LogP contribution in [0.3, 0.4) is 0 Å². The Balaban J connectivity index is 2.24. The number of aryl methyl sites for hydroxylation is 1. The molecular formula is C17H21Cl2NO. The first-order valence-electron chi connectivity index (χ1n) is 7.20. The molecule has 0 spiro atoms. The minimum absolute atomic E-state index is 0.0644. The maximum absolute atomic E-state index is 12.9. The summed E-state index contributed by atoms with van der Waals surface area (Å²) < 4.78 is 0.238. The van der Waals surface area contributed by atoms with E-state index in [9.17, 15) is 4.79 Å². The third-order valence-electron chi connectivity index (χ3n) is 4.38. The van der Waals surface area contributed by atoms with E-state index < -0.39 is 0 Å². The number of hydrogen-bond acceptors (Lipinski definition) is 1. The summed E-state index contributed by atoms with van der Waals surface area (Å²) >= 11 is 11.5. The lowest BCUT2D eigenvalue weighted by atomic mass is 10.1. The monoisotopic (exact) mass is 325 g/mol. The van der Waals surface area contributed by atoms with Crippen molar-refractivity contribution in [1.29, 1.82) is 0 Å². The van der Waals surface area contributed by atoms with Crippen molar-refractivity contribution in [3.8, 4) is 0 Å². The fraction of sp³-hybridized carbons (Fsp3) is 0.471. The molecule has 1 aliphatic carbocycles. The predicted octanol–water partition coefficient (Wildman–Crippen LogP) is 4.94. The number of anilines is 1. The van der Waals surface area contributed by atoms with Crippen molar-refractivity contribution in [2.75, 3.05) is 11.4 Å². The van der Waals surface area contributed by atoms with Gasteiger partial charge in [0.1, 0.15) is 4.49 Å². The molecule has 4 heteroatoms. The summed E-state index contributed by atoms with van der Waals surface area (Å²) in [6, 6.07) is 8.02. The molecular weight excluding hydrogens is 305 g/mol. The number of halogens is 2. The number of nitrogens with zero attached hydrogens (tertiary/aromatic N) is 1. The van der Waals surface area contributed by atoms with E-state index >= 15 is 0 Å².